The molecule has 1 atom stereocenters. The van der Waals surface area contributed by atoms with Gasteiger partial charge in [0.2, 0.25) is 5.91 Å². The molecule has 0 spiro atoms. The molecule has 164 valence electrons. The van der Waals surface area contributed by atoms with Crippen molar-refractivity contribution in [2.45, 2.75) is 32.9 Å². The Bertz CT molecular complexity index is 1130. The molecule has 2 aromatic carbocycles. The summed E-state index contributed by atoms with van der Waals surface area (Å²) in [6, 6.07) is 12.8. The number of hydrogen-bond acceptors (Lipinski definition) is 5. The average Bonchev–Trinajstić information content (AvgIpc) is 3.05. The Morgan fingerprint density at radius 1 is 1.26 bits per heavy atom. The maximum absolute atomic E-state index is 12.5. The highest BCUT2D eigenvalue weighted by Crippen LogP contribution is 2.22. The lowest BCUT2D eigenvalue weighted by Gasteiger charge is -2.14. The zero-order chi connectivity index (χ0) is 22.4. The van der Waals surface area contributed by atoms with Crippen molar-refractivity contribution in [1.29, 1.82) is 0 Å². The number of nitrogens with one attached hydrogen (secondary N) is 1. The van der Waals surface area contributed by atoms with Crippen LogP contribution in [0.2, 0.25) is 0 Å². The van der Waals surface area contributed by atoms with E-state index >= 15 is 0 Å². The van der Waals surface area contributed by atoms with Gasteiger partial charge in [0.1, 0.15) is 5.75 Å². The van der Waals surface area contributed by atoms with Crippen LogP contribution in [0, 0.1) is 0 Å². The lowest BCUT2D eigenvalue weighted by atomic mass is 10.1. The summed E-state index contributed by atoms with van der Waals surface area (Å²) in [7, 11) is 3.88. The number of oxazole rings is 1. The molecule has 1 aromatic heterocycles. The summed E-state index contributed by atoms with van der Waals surface area (Å²) in [6.45, 7) is 5.28. The van der Waals surface area contributed by atoms with Crippen molar-refractivity contribution in [1.82, 2.24) is 9.47 Å². The second-order valence-corrected chi connectivity index (χ2v) is 7.70. The maximum atomic E-state index is 12.5. The molecule has 1 unspecified atom stereocenters. The largest absolute Gasteiger partial charge is 0.490 e. The Morgan fingerprint density at radius 2 is 2.03 bits per heavy atom. The predicted molar refractivity (Wildman–Crippen MR) is 124 cm³/mol. The second kappa shape index (κ2) is 10.1. The van der Waals surface area contributed by atoms with Crippen LogP contribution >= 0.6 is 0 Å². The summed E-state index contributed by atoms with van der Waals surface area (Å²) in [5, 5.41) is 2.84. The zero-order valence-corrected chi connectivity index (χ0v) is 18.4. The van der Waals surface area contributed by atoms with E-state index in [1.54, 1.807) is 28.8 Å². The number of amides is 1. The maximum Gasteiger partial charge on any atom is 0.419 e. The number of fused-ring (bicyclic) bond motifs is 1. The molecule has 3 aromatic rings. The topological polar surface area (TPSA) is 76.7 Å². The molecule has 31 heavy (non-hydrogen) atoms. The van der Waals surface area contributed by atoms with Gasteiger partial charge in [0.05, 0.1) is 11.6 Å². The Balaban J connectivity index is 1.75. The third-order valence-corrected chi connectivity index (χ3v) is 4.94. The van der Waals surface area contributed by atoms with E-state index in [0.717, 1.165) is 17.7 Å². The highest BCUT2D eigenvalue weighted by atomic mass is 16.5. The van der Waals surface area contributed by atoms with Gasteiger partial charge in [-0.1, -0.05) is 25.1 Å². The number of hydrogen-bond donors (Lipinski definition) is 1. The fourth-order valence-electron chi connectivity index (χ4n) is 3.03. The van der Waals surface area contributed by atoms with E-state index in [9.17, 15) is 9.59 Å². The van der Waals surface area contributed by atoms with Gasteiger partial charge in [0.25, 0.3) is 0 Å². The van der Waals surface area contributed by atoms with Crippen molar-refractivity contribution < 1.29 is 13.9 Å². The van der Waals surface area contributed by atoms with E-state index < -0.39 is 5.76 Å². The fourth-order valence-corrected chi connectivity index (χ4v) is 3.03. The summed E-state index contributed by atoms with van der Waals surface area (Å²) in [4.78, 5) is 26.6. The van der Waals surface area contributed by atoms with Crippen LogP contribution in [0.25, 0.3) is 17.2 Å². The minimum absolute atomic E-state index is 0.0927. The SMILES string of the molecule is CCC(C)Oc1ccccc1C=CC(=O)Nc1ccc2oc(=O)n(CCN(C)C)c2c1. The highest BCUT2D eigenvalue weighted by molar-refractivity contribution is 6.02. The first kappa shape index (κ1) is 22.4. The number of rotatable bonds is 9. The highest BCUT2D eigenvalue weighted by Gasteiger charge is 2.11. The first-order chi connectivity index (χ1) is 14.9. The van der Waals surface area contributed by atoms with Gasteiger partial charge in [-0.15, -0.1) is 0 Å². The van der Waals surface area contributed by atoms with E-state index in [0.29, 0.717) is 29.9 Å². The van der Waals surface area contributed by atoms with Crippen molar-refractivity contribution in [3.05, 3.63) is 64.7 Å². The van der Waals surface area contributed by atoms with Crippen LogP contribution in [0.4, 0.5) is 5.69 Å². The van der Waals surface area contributed by atoms with Crippen molar-refractivity contribution in [3.8, 4) is 5.75 Å². The summed E-state index contributed by atoms with van der Waals surface area (Å²) in [5.41, 5.74) is 2.57. The third-order valence-electron chi connectivity index (χ3n) is 4.94. The molecule has 0 aliphatic rings. The summed E-state index contributed by atoms with van der Waals surface area (Å²) in [5.74, 6) is 0.0622. The van der Waals surface area contributed by atoms with Crippen molar-refractivity contribution in [2.24, 2.45) is 0 Å². The van der Waals surface area contributed by atoms with E-state index in [2.05, 4.69) is 12.2 Å². The summed E-state index contributed by atoms with van der Waals surface area (Å²) >= 11 is 0. The lowest BCUT2D eigenvalue weighted by Crippen LogP contribution is -2.23. The third kappa shape index (κ3) is 5.86. The quantitative estimate of drug-likeness (QED) is 0.527. The van der Waals surface area contributed by atoms with Crippen LogP contribution < -0.4 is 15.8 Å². The predicted octanol–water partition coefficient (Wildman–Crippen LogP) is 3.99. The van der Waals surface area contributed by atoms with Gasteiger partial charge in [0.15, 0.2) is 5.58 Å². The molecule has 1 heterocycles. The van der Waals surface area contributed by atoms with Crippen LogP contribution in [0.1, 0.15) is 25.8 Å². The van der Waals surface area contributed by atoms with Gasteiger partial charge >= 0.3 is 5.76 Å². The summed E-state index contributed by atoms with van der Waals surface area (Å²) in [6.07, 6.45) is 4.19. The number of aromatic nitrogens is 1. The van der Waals surface area contributed by atoms with Crippen molar-refractivity contribution in [2.75, 3.05) is 26.0 Å². The van der Waals surface area contributed by atoms with E-state index in [4.69, 9.17) is 9.15 Å². The second-order valence-electron chi connectivity index (χ2n) is 7.70. The first-order valence-corrected chi connectivity index (χ1v) is 10.4. The molecular formula is C24H29N3O4. The number of ether oxygens (including phenoxy) is 1. The van der Waals surface area contributed by atoms with E-state index in [-0.39, 0.29) is 12.0 Å². The Hall–Kier alpha value is -3.32. The molecule has 0 radical (unpaired) electrons. The number of carbonyl (C=O) groups is 1. The molecular weight excluding hydrogens is 394 g/mol. The zero-order valence-electron chi connectivity index (χ0n) is 18.4. The van der Waals surface area contributed by atoms with Crippen LogP contribution in [-0.2, 0) is 11.3 Å². The van der Waals surface area contributed by atoms with Crippen LogP contribution in [-0.4, -0.2) is 42.1 Å². The standard InChI is InChI=1S/C24H29N3O4/c1-5-17(2)30-21-9-7-6-8-18(21)10-13-23(28)25-19-11-12-22-20(16-19)27(24(29)31-22)15-14-26(3)4/h6-13,16-17H,5,14-15H2,1-4H3,(H,25,28). The van der Waals surface area contributed by atoms with Gasteiger partial charge in [0, 0.05) is 30.4 Å². The normalized spacial score (nSPS) is 12.5. The van der Waals surface area contributed by atoms with Crippen molar-refractivity contribution >= 4 is 28.8 Å². The minimum atomic E-state index is -0.405. The van der Waals surface area contributed by atoms with Gasteiger partial charge in [-0.3, -0.25) is 9.36 Å². The number of carbonyl (C=O) groups excluding carboxylic acids is 1. The van der Waals surface area contributed by atoms with E-state index in [1.807, 2.05) is 50.2 Å². The smallest absolute Gasteiger partial charge is 0.419 e. The fraction of sp³-hybridized carbons (Fsp3) is 0.333. The lowest BCUT2D eigenvalue weighted by molar-refractivity contribution is -0.111. The molecule has 0 bridgehead atoms. The number of benzene rings is 2. The molecule has 1 N–H and O–H groups in total. The van der Waals surface area contributed by atoms with Gasteiger partial charge in [-0.05, 0) is 57.8 Å². The summed E-state index contributed by atoms with van der Waals surface area (Å²) < 4.78 is 12.8. The Labute approximate surface area is 181 Å². The van der Waals surface area contributed by atoms with Crippen molar-refractivity contribution in [3.63, 3.8) is 0 Å². The molecule has 0 saturated carbocycles. The van der Waals surface area contributed by atoms with E-state index in [1.165, 1.54) is 6.08 Å². The van der Waals surface area contributed by atoms with Gasteiger partial charge in [-0.25, -0.2) is 4.79 Å². The molecule has 1 amide bonds. The number of likely N-dealkylation sites (N-methyl/N-ethyl adjacent to an activating group) is 1. The number of anilines is 1. The molecule has 0 fully saturated rings. The first-order valence-electron chi connectivity index (χ1n) is 10.4. The van der Waals surface area contributed by atoms with Crippen LogP contribution in [0.15, 0.2) is 57.8 Å². The minimum Gasteiger partial charge on any atom is -0.490 e. The average molecular weight is 424 g/mol. The monoisotopic (exact) mass is 423 g/mol. The Morgan fingerprint density at radius 3 is 2.77 bits per heavy atom. The van der Waals surface area contributed by atoms with Gasteiger partial charge in [-0.2, -0.15) is 0 Å². The molecule has 7 heteroatoms. The molecule has 0 aliphatic heterocycles. The number of nitrogens with zero attached hydrogens (tertiary/aromatic N) is 2. The molecule has 0 saturated heterocycles. The molecule has 7 nitrogen and oxygen atoms in total. The Kier molecular flexibility index (Phi) is 7.31. The van der Waals surface area contributed by atoms with Crippen LogP contribution in [0.3, 0.4) is 0 Å². The van der Waals surface area contributed by atoms with Gasteiger partial charge < -0.3 is 19.4 Å². The molecule has 0 aliphatic carbocycles. The number of para-hydroxylation sites is 1. The molecule has 3 rings (SSSR count). The van der Waals surface area contributed by atoms with Crippen LogP contribution in [0.5, 0.6) is 5.75 Å².